The first-order valence-electron chi connectivity index (χ1n) is 9.16. The number of nitrogens with one attached hydrogen (secondary N) is 2. The molecule has 8 heteroatoms. The van der Waals surface area contributed by atoms with Crippen LogP contribution >= 0.6 is 0 Å². The molecule has 158 valence electrons. The van der Waals surface area contributed by atoms with Crippen molar-refractivity contribution < 1.29 is 23.7 Å². The minimum atomic E-state index is 0.381. The number of aliphatic imine (C=N–C) groups is 1. The highest BCUT2D eigenvalue weighted by Crippen LogP contribution is 2.40. The molecule has 2 rings (SSSR count). The van der Waals surface area contributed by atoms with Crippen LogP contribution in [0.1, 0.15) is 12.5 Å². The molecule has 0 amide bonds. The smallest absolute Gasteiger partial charge is 0.203 e. The highest BCUT2D eigenvalue weighted by molar-refractivity contribution is 5.94. The molecule has 0 saturated heterocycles. The number of ether oxygens (including phenoxy) is 5. The summed E-state index contributed by atoms with van der Waals surface area (Å²) in [5, 5.41) is 6.50. The van der Waals surface area contributed by atoms with Crippen molar-refractivity contribution in [2.45, 2.75) is 13.5 Å². The molecule has 2 N–H and O–H groups in total. The van der Waals surface area contributed by atoms with E-state index >= 15 is 0 Å². The van der Waals surface area contributed by atoms with Gasteiger partial charge in [-0.2, -0.15) is 0 Å². The summed E-state index contributed by atoms with van der Waals surface area (Å²) >= 11 is 0. The van der Waals surface area contributed by atoms with E-state index in [9.17, 15) is 0 Å². The Morgan fingerprint density at radius 3 is 2.03 bits per heavy atom. The largest absolute Gasteiger partial charge is 0.493 e. The summed E-state index contributed by atoms with van der Waals surface area (Å²) in [7, 11) is 7.97. The highest BCUT2D eigenvalue weighted by Gasteiger charge is 2.15. The molecule has 0 fully saturated rings. The van der Waals surface area contributed by atoms with Gasteiger partial charge in [-0.25, -0.2) is 4.99 Å². The summed E-state index contributed by atoms with van der Waals surface area (Å²) in [6, 6.07) is 9.32. The standard InChI is InChI=1S/C21H29N3O5/c1-7-22-21(24-15-9-11-16(25-2)18(12-15)27-4)23-13-14-8-10-17(26-3)20(29-6)19(14)28-5/h8-12H,7,13H2,1-6H3,(H2,22,23,24). The molecule has 2 aromatic carbocycles. The lowest BCUT2D eigenvalue weighted by atomic mass is 10.1. The molecule has 2 aromatic rings. The van der Waals surface area contributed by atoms with Gasteiger partial charge in [0, 0.05) is 23.9 Å². The van der Waals surface area contributed by atoms with E-state index < -0.39 is 0 Å². The van der Waals surface area contributed by atoms with Gasteiger partial charge >= 0.3 is 0 Å². The Morgan fingerprint density at radius 2 is 1.45 bits per heavy atom. The molecule has 0 bridgehead atoms. The second-order valence-electron chi connectivity index (χ2n) is 5.88. The molecule has 0 heterocycles. The predicted octanol–water partition coefficient (Wildman–Crippen LogP) is 3.31. The summed E-state index contributed by atoms with van der Waals surface area (Å²) in [5.41, 5.74) is 1.69. The van der Waals surface area contributed by atoms with Crippen molar-refractivity contribution >= 4 is 11.6 Å². The van der Waals surface area contributed by atoms with Gasteiger partial charge in [-0.1, -0.05) is 0 Å². The molecule has 0 aromatic heterocycles. The van der Waals surface area contributed by atoms with Crippen LogP contribution in [0.15, 0.2) is 35.3 Å². The van der Waals surface area contributed by atoms with Crippen LogP contribution in [0.5, 0.6) is 28.7 Å². The Hall–Kier alpha value is -3.29. The normalized spacial score (nSPS) is 10.9. The molecule has 0 saturated carbocycles. The van der Waals surface area contributed by atoms with Gasteiger partial charge in [-0.15, -0.1) is 0 Å². The van der Waals surface area contributed by atoms with E-state index in [2.05, 4.69) is 15.6 Å². The van der Waals surface area contributed by atoms with Crippen LogP contribution in [0.4, 0.5) is 5.69 Å². The third kappa shape index (κ3) is 5.37. The zero-order chi connectivity index (χ0) is 21.2. The third-order valence-corrected chi connectivity index (χ3v) is 4.18. The minimum absolute atomic E-state index is 0.381. The van der Waals surface area contributed by atoms with E-state index in [4.69, 9.17) is 23.7 Å². The molecule has 0 radical (unpaired) electrons. The quantitative estimate of drug-likeness (QED) is 0.491. The number of guanidine groups is 1. The van der Waals surface area contributed by atoms with Gasteiger partial charge in [0.1, 0.15) is 0 Å². The van der Waals surface area contributed by atoms with E-state index in [1.165, 1.54) is 0 Å². The first-order chi connectivity index (χ1) is 14.1. The van der Waals surface area contributed by atoms with Crippen LogP contribution < -0.4 is 34.3 Å². The first kappa shape index (κ1) is 22.0. The number of hydrogen-bond acceptors (Lipinski definition) is 6. The van der Waals surface area contributed by atoms with Crippen LogP contribution in [0, 0.1) is 0 Å². The number of nitrogens with zero attached hydrogens (tertiary/aromatic N) is 1. The summed E-state index contributed by atoms with van der Waals surface area (Å²) in [4.78, 5) is 4.66. The van der Waals surface area contributed by atoms with E-state index in [0.29, 0.717) is 47.8 Å². The lowest BCUT2D eigenvalue weighted by Gasteiger charge is -2.16. The number of hydrogen-bond donors (Lipinski definition) is 2. The van der Waals surface area contributed by atoms with Crippen molar-refractivity contribution in [1.29, 1.82) is 0 Å². The van der Waals surface area contributed by atoms with Crippen molar-refractivity contribution in [2.75, 3.05) is 47.4 Å². The zero-order valence-corrected chi connectivity index (χ0v) is 17.8. The lowest BCUT2D eigenvalue weighted by Crippen LogP contribution is -2.30. The van der Waals surface area contributed by atoms with Crippen LogP contribution in [0.2, 0.25) is 0 Å². The van der Waals surface area contributed by atoms with Crippen LogP contribution in [-0.4, -0.2) is 48.1 Å². The molecular formula is C21H29N3O5. The Bertz CT molecular complexity index is 839. The Labute approximate surface area is 171 Å². The summed E-state index contributed by atoms with van der Waals surface area (Å²) in [6.45, 7) is 3.09. The van der Waals surface area contributed by atoms with Crippen molar-refractivity contribution in [3.8, 4) is 28.7 Å². The van der Waals surface area contributed by atoms with Gasteiger partial charge in [0.2, 0.25) is 5.75 Å². The second kappa shape index (κ2) is 10.9. The summed E-state index contributed by atoms with van der Waals surface area (Å²) < 4.78 is 26.9. The minimum Gasteiger partial charge on any atom is -0.493 e. The molecule has 0 atom stereocenters. The maximum absolute atomic E-state index is 5.53. The SMILES string of the molecule is CCNC(=NCc1ccc(OC)c(OC)c1OC)Nc1ccc(OC)c(OC)c1. The Kier molecular flexibility index (Phi) is 8.27. The fourth-order valence-electron chi connectivity index (χ4n) is 2.81. The monoisotopic (exact) mass is 403 g/mol. The van der Waals surface area contributed by atoms with E-state index in [0.717, 1.165) is 11.3 Å². The van der Waals surface area contributed by atoms with Gasteiger partial charge in [0.15, 0.2) is 29.0 Å². The molecule has 0 aliphatic rings. The lowest BCUT2D eigenvalue weighted by molar-refractivity contribution is 0.322. The summed E-state index contributed by atoms with van der Waals surface area (Å²) in [6.07, 6.45) is 0. The van der Waals surface area contributed by atoms with E-state index in [1.54, 1.807) is 35.5 Å². The van der Waals surface area contributed by atoms with Crippen LogP contribution in [0.3, 0.4) is 0 Å². The highest BCUT2D eigenvalue weighted by atomic mass is 16.5. The Balaban J connectivity index is 2.28. The third-order valence-electron chi connectivity index (χ3n) is 4.18. The van der Waals surface area contributed by atoms with Crippen LogP contribution in [0.25, 0.3) is 0 Å². The van der Waals surface area contributed by atoms with Crippen LogP contribution in [-0.2, 0) is 6.54 Å². The van der Waals surface area contributed by atoms with E-state index in [-0.39, 0.29) is 0 Å². The summed E-state index contributed by atoms with van der Waals surface area (Å²) in [5.74, 6) is 3.66. The van der Waals surface area contributed by atoms with Crippen molar-refractivity contribution in [1.82, 2.24) is 5.32 Å². The number of anilines is 1. The molecular weight excluding hydrogens is 374 g/mol. The topological polar surface area (TPSA) is 82.6 Å². The number of methoxy groups -OCH3 is 5. The predicted molar refractivity (Wildman–Crippen MR) is 114 cm³/mol. The van der Waals surface area contributed by atoms with Gasteiger partial charge in [-0.05, 0) is 31.2 Å². The average Bonchev–Trinajstić information content (AvgIpc) is 2.76. The van der Waals surface area contributed by atoms with Gasteiger partial charge in [0.05, 0.1) is 42.1 Å². The van der Waals surface area contributed by atoms with Crippen molar-refractivity contribution in [2.24, 2.45) is 4.99 Å². The molecule has 0 aliphatic carbocycles. The first-order valence-corrected chi connectivity index (χ1v) is 9.16. The maximum Gasteiger partial charge on any atom is 0.203 e. The Morgan fingerprint density at radius 1 is 0.793 bits per heavy atom. The average molecular weight is 403 g/mol. The maximum atomic E-state index is 5.53. The fraction of sp³-hybridized carbons (Fsp3) is 0.381. The fourth-order valence-corrected chi connectivity index (χ4v) is 2.81. The van der Waals surface area contributed by atoms with E-state index in [1.807, 2.05) is 37.3 Å². The van der Waals surface area contributed by atoms with Gasteiger partial charge in [-0.3, -0.25) is 0 Å². The van der Waals surface area contributed by atoms with Crippen molar-refractivity contribution in [3.05, 3.63) is 35.9 Å². The van der Waals surface area contributed by atoms with Crippen molar-refractivity contribution in [3.63, 3.8) is 0 Å². The number of rotatable bonds is 9. The zero-order valence-electron chi connectivity index (χ0n) is 17.8. The second-order valence-corrected chi connectivity index (χ2v) is 5.88. The molecule has 0 spiro atoms. The van der Waals surface area contributed by atoms with Gasteiger partial charge < -0.3 is 34.3 Å². The molecule has 29 heavy (non-hydrogen) atoms. The van der Waals surface area contributed by atoms with Gasteiger partial charge in [0.25, 0.3) is 0 Å². The molecule has 0 unspecified atom stereocenters. The molecule has 0 aliphatic heterocycles. The molecule has 8 nitrogen and oxygen atoms in total. The number of benzene rings is 2.